The van der Waals surface area contributed by atoms with Gasteiger partial charge >= 0.3 is 0 Å². The molecule has 0 aliphatic rings. The van der Waals surface area contributed by atoms with E-state index >= 15 is 0 Å². The third-order valence-corrected chi connectivity index (χ3v) is 3.03. The highest BCUT2D eigenvalue weighted by Gasteiger charge is 2.23. The molecule has 0 bridgehead atoms. The van der Waals surface area contributed by atoms with Gasteiger partial charge in [-0.05, 0) is 11.9 Å². The number of hydrogen-bond acceptors (Lipinski definition) is 2. The van der Waals surface area contributed by atoms with Crippen LogP contribution in [0.4, 0.5) is 0 Å². The summed E-state index contributed by atoms with van der Waals surface area (Å²) in [5, 5.41) is 10.3. The van der Waals surface area contributed by atoms with Gasteiger partial charge in [-0.1, -0.05) is 67.6 Å². The number of Topliss-reactive ketones (excluding diaryl/α,β-unsaturated/α-hetero) is 1. The summed E-state index contributed by atoms with van der Waals surface area (Å²) in [5.41, 5.74) is 0.845. The molecule has 0 unspecified atom stereocenters. The lowest BCUT2D eigenvalue weighted by molar-refractivity contribution is 0.0716. The molecule has 0 saturated carbocycles. The van der Waals surface area contributed by atoms with Gasteiger partial charge in [0.25, 0.3) is 0 Å². The number of benzene rings is 2. The molecule has 1 N–H and O–H groups in total. The van der Waals surface area contributed by atoms with E-state index in [1.54, 1.807) is 67.6 Å². The van der Waals surface area contributed by atoms with Crippen LogP contribution in [0, 0.1) is 5.92 Å². The van der Waals surface area contributed by atoms with E-state index in [9.17, 15) is 9.90 Å². The van der Waals surface area contributed by atoms with Crippen LogP contribution in [0.2, 0.25) is 0 Å². The molecule has 0 fully saturated rings. The Kier molecular flexibility index (Phi) is 3.63. The Morgan fingerprint density at radius 3 is 2.21 bits per heavy atom. The van der Waals surface area contributed by atoms with Crippen molar-refractivity contribution in [2.45, 2.75) is 19.4 Å². The molecule has 2 atom stereocenters. The van der Waals surface area contributed by atoms with Crippen LogP contribution in [0.1, 0.15) is 25.6 Å². The first-order chi connectivity index (χ1) is 9.94. The Morgan fingerprint density at radius 1 is 1.11 bits per heavy atom. The first kappa shape index (κ1) is 10.9. The van der Waals surface area contributed by atoms with Crippen LogP contribution in [0.5, 0.6) is 0 Å². The highest BCUT2D eigenvalue weighted by molar-refractivity contribution is 5.97. The summed E-state index contributed by atoms with van der Waals surface area (Å²) >= 11 is 0. The second kappa shape index (κ2) is 6.30. The molecule has 0 saturated heterocycles. The van der Waals surface area contributed by atoms with Gasteiger partial charge in [-0.15, -0.1) is 0 Å². The third-order valence-electron chi connectivity index (χ3n) is 3.03. The molecule has 0 heterocycles. The average molecular weight is 256 g/mol. The molecule has 19 heavy (non-hydrogen) atoms. The largest absolute Gasteiger partial charge is 0.392 e. The molecule has 2 heteroatoms. The van der Waals surface area contributed by atoms with Crippen molar-refractivity contribution in [1.82, 2.24) is 0 Å². The van der Waals surface area contributed by atoms with Crippen LogP contribution in [0.25, 0.3) is 0 Å². The first-order valence-electron chi connectivity index (χ1n) is 7.27. The van der Waals surface area contributed by atoms with Crippen molar-refractivity contribution in [3.05, 3.63) is 71.8 Å². The van der Waals surface area contributed by atoms with Gasteiger partial charge in [-0.2, -0.15) is 0 Å². The summed E-state index contributed by atoms with van der Waals surface area (Å²) in [7, 11) is 0. The maximum absolute atomic E-state index is 12.3. The normalized spacial score (nSPS) is 16.1. The molecule has 0 aliphatic heterocycles. The predicted molar refractivity (Wildman–Crippen MR) is 76.1 cm³/mol. The summed E-state index contributed by atoms with van der Waals surface area (Å²) in [5.74, 6) is -1.09. The minimum Gasteiger partial charge on any atom is -0.392 e. The molecule has 0 amide bonds. The van der Waals surface area contributed by atoms with Crippen molar-refractivity contribution in [1.29, 1.82) is 0 Å². The molecule has 2 aromatic carbocycles. The Labute approximate surface area is 116 Å². The minimum absolute atomic E-state index is 0.261. The second-order valence-corrected chi connectivity index (χ2v) is 4.47. The van der Waals surface area contributed by atoms with Crippen molar-refractivity contribution in [3.63, 3.8) is 0 Å². The van der Waals surface area contributed by atoms with E-state index in [1.807, 2.05) is 0 Å². The van der Waals surface area contributed by atoms with Crippen molar-refractivity contribution in [2.24, 2.45) is 5.92 Å². The van der Waals surface area contributed by atoms with Crippen molar-refractivity contribution in [3.8, 4) is 0 Å². The fraction of sp³-hybridized carbons (Fsp3) is 0.235. The number of aliphatic hydroxyl groups is 1. The van der Waals surface area contributed by atoms with E-state index in [2.05, 4.69) is 0 Å². The number of carbonyl (C=O) groups excluding carboxylic acids is 1. The number of aliphatic hydroxyl groups excluding tert-OH is 1. The van der Waals surface area contributed by atoms with E-state index in [1.165, 1.54) is 0 Å². The molecule has 0 aromatic heterocycles. The van der Waals surface area contributed by atoms with Gasteiger partial charge < -0.3 is 5.11 Å². The number of rotatable bonds is 5. The highest BCUT2D eigenvalue weighted by Crippen LogP contribution is 2.16. The minimum atomic E-state index is -1.98. The van der Waals surface area contributed by atoms with E-state index in [4.69, 9.17) is 2.74 Å². The zero-order valence-electron chi connectivity index (χ0n) is 12.8. The molecule has 2 aromatic rings. The zero-order valence-corrected chi connectivity index (χ0v) is 10.8. The van der Waals surface area contributed by atoms with Crippen LogP contribution < -0.4 is 0 Å². The van der Waals surface area contributed by atoms with Crippen molar-refractivity contribution < 1.29 is 12.6 Å². The van der Waals surface area contributed by atoms with Crippen LogP contribution in [-0.4, -0.2) is 17.0 Å². The van der Waals surface area contributed by atoms with Crippen molar-refractivity contribution >= 4 is 5.78 Å². The third kappa shape index (κ3) is 3.52. The standard InChI is InChI=1S/C17H18O2/c1-13(17(19)15-10-6-3-7-11-15)16(18)12-14-8-4-2-5-9-14/h2-11,13,16,18H,12H2,1H3/t13-,16-/m0/s1/i12D2. The first-order valence-corrected chi connectivity index (χ1v) is 6.27. The molecule has 0 aliphatic carbocycles. The van der Waals surface area contributed by atoms with E-state index in [-0.39, 0.29) is 5.78 Å². The Morgan fingerprint density at radius 2 is 1.63 bits per heavy atom. The van der Waals surface area contributed by atoms with E-state index in [0.717, 1.165) is 0 Å². The highest BCUT2D eigenvalue weighted by atomic mass is 16.3. The summed E-state index contributed by atoms with van der Waals surface area (Å²) in [6.07, 6.45) is -3.39. The Bertz CT molecular complexity index is 597. The summed E-state index contributed by atoms with van der Waals surface area (Å²) in [4.78, 5) is 12.3. The van der Waals surface area contributed by atoms with Gasteiger partial charge in [0.1, 0.15) is 0 Å². The lowest BCUT2D eigenvalue weighted by atomic mass is 9.91. The molecule has 2 rings (SSSR count). The number of hydrogen-bond donors (Lipinski definition) is 1. The molecule has 0 spiro atoms. The van der Waals surface area contributed by atoms with Crippen LogP contribution in [0.3, 0.4) is 0 Å². The maximum atomic E-state index is 12.3. The lowest BCUT2D eigenvalue weighted by Gasteiger charge is -2.18. The zero-order chi connectivity index (χ0) is 15.5. The monoisotopic (exact) mass is 256 g/mol. The fourth-order valence-corrected chi connectivity index (χ4v) is 1.84. The van der Waals surface area contributed by atoms with Gasteiger partial charge in [0, 0.05) is 14.2 Å². The Balaban J connectivity index is 2.23. The molecular formula is C17H18O2. The van der Waals surface area contributed by atoms with E-state index in [0.29, 0.717) is 11.1 Å². The topological polar surface area (TPSA) is 37.3 Å². The summed E-state index contributed by atoms with van der Waals surface area (Å²) < 4.78 is 16.2. The number of carbonyl (C=O) groups is 1. The Hall–Kier alpha value is -1.93. The second-order valence-electron chi connectivity index (χ2n) is 4.47. The average Bonchev–Trinajstić information content (AvgIpc) is 2.54. The van der Waals surface area contributed by atoms with Gasteiger partial charge in [-0.3, -0.25) is 4.79 Å². The van der Waals surface area contributed by atoms with Gasteiger partial charge in [0.15, 0.2) is 5.78 Å². The lowest BCUT2D eigenvalue weighted by Crippen LogP contribution is -2.27. The molecular weight excluding hydrogens is 236 g/mol. The molecule has 2 nitrogen and oxygen atoms in total. The van der Waals surface area contributed by atoms with Crippen molar-refractivity contribution in [2.75, 3.05) is 0 Å². The SMILES string of the molecule is [2H]C([2H])(c1ccccc1)[C@H](O)[C@H](C)C(=O)c1ccccc1. The van der Waals surface area contributed by atoms with Crippen LogP contribution in [-0.2, 0) is 6.37 Å². The fourth-order valence-electron chi connectivity index (χ4n) is 1.84. The van der Waals surface area contributed by atoms with Crippen LogP contribution >= 0.6 is 0 Å². The maximum Gasteiger partial charge on any atom is 0.168 e. The van der Waals surface area contributed by atoms with Gasteiger partial charge in [-0.25, -0.2) is 0 Å². The molecule has 0 radical (unpaired) electrons. The predicted octanol–water partition coefficient (Wildman–Crippen LogP) is 3.11. The van der Waals surface area contributed by atoms with Crippen LogP contribution in [0.15, 0.2) is 60.7 Å². The van der Waals surface area contributed by atoms with Gasteiger partial charge in [0.05, 0.1) is 6.10 Å². The summed E-state index contributed by atoms with van der Waals surface area (Å²) in [6, 6.07) is 17.1. The van der Waals surface area contributed by atoms with Gasteiger partial charge in [0.2, 0.25) is 0 Å². The number of ketones is 1. The summed E-state index contributed by atoms with van der Waals surface area (Å²) in [6.45, 7) is 1.56. The molecule has 98 valence electrons. The quantitative estimate of drug-likeness (QED) is 0.835. The van der Waals surface area contributed by atoms with E-state index < -0.39 is 18.4 Å². The smallest absolute Gasteiger partial charge is 0.168 e.